The number of hydrogen-bond acceptors (Lipinski definition) is 6. The molecule has 0 spiro atoms. The lowest BCUT2D eigenvalue weighted by Gasteiger charge is -2.33. The smallest absolute Gasteiger partial charge is 0.137 e. The molecule has 0 unspecified atom stereocenters. The molecule has 2 heterocycles. The molecule has 30 heavy (non-hydrogen) atoms. The van der Waals surface area contributed by atoms with E-state index in [1.54, 1.807) is 31.2 Å². The Kier molecular flexibility index (Phi) is 5.31. The van der Waals surface area contributed by atoms with E-state index in [1.165, 1.54) is 34.7 Å². The van der Waals surface area contributed by atoms with Crippen molar-refractivity contribution in [1.82, 2.24) is 19.7 Å². The molecule has 2 N–H and O–H groups in total. The molecule has 2 aromatic carbocycles. The van der Waals surface area contributed by atoms with Crippen LogP contribution in [0.3, 0.4) is 0 Å². The fourth-order valence-corrected chi connectivity index (χ4v) is 4.28. The summed E-state index contributed by atoms with van der Waals surface area (Å²) in [6.07, 6.45) is 2.74. The van der Waals surface area contributed by atoms with Gasteiger partial charge in [-0.05, 0) is 30.3 Å². The van der Waals surface area contributed by atoms with E-state index in [0.29, 0.717) is 10.7 Å². The van der Waals surface area contributed by atoms with E-state index < -0.39 is 23.2 Å². The summed E-state index contributed by atoms with van der Waals surface area (Å²) in [4.78, 5) is 8.49. The number of hydrogen-bond donors (Lipinski definition) is 2. The Labute approximate surface area is 175 Å². The van der Waals surface area contributed by atoms with Gasteiger partial charge in [-0.1, -0.05) is 13.0 Å². The van der Waals surface area contributed by atoms with Crippen molar-refractivity contribution in [2.75, 3.05) is 0 Å². The van der Waals surface area contributed by atoms with Gasteiger partial charge in [-0.15, -0.1) is 11.3 Å². The first-order chi connectivity index (χ1) is 14.4. The van der Waals surface area contributed by atoms with Gasteiger partial charge < -0.3 is 10.2 Å². The number of halogens is 2. The molecule has 0 aliphatic rings. The Balaban J connectivity index is 1.74. The van der Waals surface area contributed by atoms with Gasteiger partial charge in [-0.25, -0.2) is 23.4 Å². The number of nitrogens with zero attached hydrogens (tertiary/aromatic N) is 4. The van der Waals surface area contributed by atoms with E-state index in [2.05, 4.69) is 15.1 Å². The molecule has 2 aromatic heterocycles. The van der Waals surface area contributed by atoms with Crippen molar-refractivity contribution < 1.29 is 19.0 Å². The quantitative estimate of drug-likeness (QED) is 0.484. The second kappa shape index (κ2) is 7.92. The maximum Gasteiger partial charge on any atom is 0.137 e. The Bertz CT molecular complexity index is 1150. The summed E-state index contributed by atoms with van der Waals surface area (Å²) in [5.41, 5.74) is -0.330. The molecule has 6 nitrogen and oxygen atoms in total. The summed E-state index contributed by atoms with van der Waals surface area (Å²) in [6, 6.07) is 9.70. The molecule has 0 amide bonds. The Hall–Kier alpha value is -3.17. The minimum absolute atomic E-state index is 0.0479. The van der Waals surface area contributed by atoms with Gasteiger partial charge in [0, 0.05) is 28.5 Å². The van der Waals surface area contributed by atoms with Crippen LogP contribution in [0.1, 0.15) is 23.4 Å². The highest BCUT2D eigenvalue weighted by Crippen LogP contribution is 2.41. The average Bonchev–Trinajstić information content (AvgIpc) is 3.40. The minimum Gasteiger partial charge on any atom is -0.508 e. The zero-order chi connectivity index (χ0) is 21.3. The van der Waals surface area contributed by atoms with Crippen LogP contribution in [-0.2, 0) is 12.1 Å². The zero-order valence-electron chi connectivity index (χ0n) is 15.9. The van der Waals surface area contributed by atoms with E-state index >= 15 is 0 Å². The molecule has 4 aromatic rings. The molecule has 2 atom stereocenters. The van der Waals surface area contributed by atoms with Gasteiger partial charge in [-0.3, -0.25) is 0 Å². The van der Waals surface area contributed by atoms with E-state index in [0.717, 1.165) is 17.7 Å². The van der Waals surface area contributed by atoms with Crippen molar-refractivity contribution >= 4 is 11.3 Å². The Morgan fingerprint density at radius 1 is 1.17 bits per heavy atom. The van der Waals surface area contributed by atoms with Crippen LogP contribution >= 0.6 is 11.3 Å². The van der Waals surface area contributed by atoms with Gasteiger partial charge in [0.05, 0.1) is 17.2 Å². The number of thiazole rings is 1. The second-order valence-electron chi connectivity index (χ2n) is 6.98. The lowest BCUT2D eigenvalue weighted by atomic mass is 9.82. The maximum absolute atomic E-state index is 14.7. The number of phenolic OH excluding ortho intramolecular Hbond substituents is 1. The van der Waals surface area contributed by atoms with Crippen LogP contribution in [0.5, 0.6) is 5.75 Å². The van der Waals surface area contributed by atoms with Gasteiger partial charge >= 0.3 is 0 Å². The highest BCUT2D eigenvalue weighted by Gasteiger charge is 2.41. The van der Waals surface area contributed by atoms with Gasteiger partial charge in [0.2, 0.25) is 0 Å². The van der Waals surface area contributed by atoms with E-state index in [-0.39, 0.29) is 17.9 Å². The van der Waals surface area contributed by atoms with Crippen LogP contribution in [0.25, 0.3) is 11.3 Å². The summed E-state index contributed by atoms with van der Waals surface area (Å²) in [6.45, 7) is 1.64. The molecular formula is C21H18F2N4O2S. The molecule has 0 aliphatic heterocycles. The molecule has 0 saturated carbocycles. The van der Waals surface area contributed by atoms with Gasteiger partial charge in [-0.2, -0.15) is 5.10 Å². The average molecular weight is 428 g/mol. The SMILES string of the molecule is C[C@@H](c1nc(-c2ccc(O)cc2)cs1)[C@](O)(Cn1cncn1)c1ccc(F)cc1F. The number of phenols is 1. The van der Waals surface area contributed by atoms with Crippen LogP contribution in [0.2, 0.25) is 0 Å². The number of aliphatic hydroxyl groups is 1. The zero-order valence-corrected chi connectivity index (χ0v) is 16.7. The molecule has 0 aliphatic carbocycles. The topological polar surface area (TPSA) is 84.1 Å². The van der Waals surface area contributed by atoms with Crippen LogP contribution in [0, 0.1) is 11.6 Å². The molecule has 0 fully saturated rings. The van der Waals surface area contributed by atoms with Crippen molar-refractivity contribution in [3.8, 4) is 17.0 Å². The maximum atomic E-state index is 14.7. The van der Waals surface area contributed by atoms with Crippen LogP contribution < -0.4 is 0 Å². The number of benzene rings is 2. The molecule has 0 bridgehead atoms. The second-order valence-corrected chi connectivity index (χ2v) is 7.87. The number of aromatic hydroxyl groups is 1. The van der Waals surface area contributed by atoms with Gasteiger partial charge in [0.15, 0.2) is 0 Å². The first kappa shape index (κ1) is 20.1. The van der Waals surface area contributed by atoms with Crippen LogP contribution in [0.4, 0.5) is 8.78 Å². The summed E-state index contributed by atoms with van der Waals surface area (Å²) in [5.74, 6) is -2.07. The third-order valence-corrected chi connectivity index (χ3v) is 6.07. The molecule has 4 rings (SSSR count). The fourth-order valence-electron chi connectivity index (χ4n) is 3.31. The van der Waals surface area contributed by atoms with Crippen molar-refractivity contribution in [3.05, 3.63) is 82.7 Å². The summed E-state index contributed by atoms with van der Waals surface area (Å²) >= 11 is 1.32. The number of aromatic nitrogens is 4. The van der Waals surface area contributed by atoms with E-state index in [9.17, 15) is 19.0 Å². The Morgan fingerprint density at radius 2 is 1.93 bits per heavy atom. The van der Waals surface area contributed by atoms with Crippen molar-refractivity contribution in [3.63, 3.8) is 0 Å². The molecule has 0 saturated heterocycles. The van der Waals surface area contributed by atoms with Crippen molar-refractivity contribution in [2.24, 2.45) is 0 Å². The standard InChI is InChI=1S/C21H18F2N4O2S/c1-13(20-26-19(9-30-20)14-2-5-16(28)6-3-14)21(29,10-27-12-24-11-25-27)17-7-4-15(22)8-18(17)23/h2-9,11-13,28-29H,10H2,1H3/t13-,21+/m0/s1. The molecule has 9 heteroatoms. The monoisotopic (exact) mass is 428 g/mol. The minimum atomic E-state index is -1.75. The van der Waals surface area contributed by atoms with E-state index in [1.807, 2.05) is 5.38 Å². The molecular weight excluding hydrogens is 410 g/mol. The summed E-state index contributed by atoms with van der Waals surface area (Å²) in [5, 5.41) is 27.5. The fraction of sp³-hybridized carbons (Fsp3) is 0.190. The normalized spacial score (nSPS) is 14.4. The Morgan fingerprint density at radius 3 is 2.60 bits per heavy atom. The first-order valence-electron chi connectivity index (χ1n) is 9.12. The highest BCUT2D eigenvalue weighted by atomic mass is 32.1. The lowest BCUT2D eigenvalue weighted by molar-refractivity contribution is -0.0112. The first-order valence-corrected chi connectivity index (χ1v) is 10.00. The molecule has 0 radical (unpaired) electrons. The van der Waals surface area contributed by atoms with Crippen LogP contribution in [-0.4, -0.2) is 30.0 Å². The predicted octanol–water partition coefficient (Wildman–Crippen LogP) is 4.08. The number of rotatable bonds is 6. The third kappa shape index (κ3) is 3.81. The largest absolute Gasteiger partial charge is 0.508 e. The summed E-state index contributed by atoms with van der Waals surface area (Å²) in [7, 11) is 0. The highest BCUT2D eigenvalue weighted by molar-refractivity contribution is 7.10. The van der Waals surface area contributed by atoms with Crippen molar-refractivity contribution in [2.45, 2.75) is 25.0 Å². The van der Waals surface area contributed by atoms with Crippen LogP contribution in [0.15, 0.2) is 60.5 Å². The van der Waals surface area contributed by atoms with E-state index in [4.69, 9.17) is 0 Å². The third-order valence-electron chi connectivity index (χ3n) is 5.04. The van der Waals surface area contributed by atoms with Gasteiger partial charge in [0.1, 0.15) is 35.6 Å². The lowest BCUT2D eigenvalue weighted by Crippen LogP contribution is -2.38. The van der Waals surface area contributed by atoms with Gasteiger partial charge in [0.25, 0.3) is 0 Å². The summed E-state index contributed by atoms with van der Waals surface area (Å²) < 4.78 is 29.5. The molecule has 154 valence electrons. The predicted molar refractivity (Wildman–Crippen MR) is 108 cm³/mol. The van der Waals surface area contributed by atoms with Crippen molar-refractivity contribution in [1.29, 1.82) is 0 Å².